The third kappa shape index (κ3) is 2.18. The molecule has 2 aromatic heterocycles. The van der Waals surface area contributed by atoms with Gasteiger partial charge in [-0.2, -0.15) is 0 Å². The van der Waals surface area contributed by atoms with Crippen molar-refractivity contribution in [3.05, 3.63) is 103 Å². The number of rotatable bonds is 1. The molecule has 7 aromatic rings. The first-order valence-electron chi connectivity index (χ1n) is 10.5. The van der Waals surface area contributed by atoms with Gasteiger partial charge < -0.3 is 10.4 Å². The van der Waals surface area contributed by atoms with Crippen molar-refractivity contribution >= 4 is 54.4 Å². The minimum atomic E-state index is 1.04. The third-order valence-corrected chi connectivity index (χ3v) is 6.48. The van der Waals surface area contributed by atoms with Crippen molar-refractivity contribution in [2.24, 2.45) is 0 Å². The normalized spacial score (nSPS) is 12.0. The first kappa shape index (κ1) is 16.5. The van der Waals surface area contributed by atoms with Gasteiger partial charge in [0.2, 0.25) is 0 Å². The second-order valence-electron chi connectivity index (χ2n) is 8.16. The number of hydrogen-bond acceptors (Lipinski definition) is 1. The summed E-state index contributed by atoms with van der Waals surface area (Å²) in [6.45, 7) is 0. The zero-order chi connectivity index (χ0) is 20.5. The van der Waals surface area contributed by atoms with Gasteiger partial charge in [-0.25, -0.2) is 0 Å². The lowest BCUT2D eigenvalue weighted by Gasteiger charge is -2.07. The molecule has 3 heteroatoms. The molecule has 0 amide bonds. The van der Waals surface area contributed by atoms with Crippen LogP contribution in [0.15, 0.2) is 103 Å². The molecule has 146 valence electrons. The minimum absolute atomic E-state index is 1.04. The van der Waals surface area contributed by atoms with Crippen LogP contribution >= 0.6 is 0 Å². The van der Waals surface area contributed by atoms with Crippen LogP contribution in [-0.2, 0) is 0 Å². The Morgan fingerprint density at radius 3 is 1.90 bits per heavy atom. The first-order valence-corrected chi connectivity index (χ1v) is 10.5. The average Bonchev–Trinajstić information content (AvgIpc) is 3.29. The molecule has 0 aliphatic heterocycles. The highest BCUT2D eigenvalue weighted by molar-refractivity contribution is 6.20. The van der Waals surface area contributed by atoms with Crippen LogP contribution in [0.5, 0.6) is 0 Å². The summed E-state index contributed by atoms with van der Waals surface area (Å²) in [4.78, 5) is 0. The Morgan fingerprint density at radius 2 is 1.06 bits per heavy atom. The fraction of sp³-hybridized carbons (Fsp3) is 0. The van der Waals surface area contributed by atoms with Gasteiger partial charge in [0.1, 0.15) is 0 Å². The Labute approximate surface area is 178 Å². The second kappa shape index (κ2) is 5.89. The molecule has 0 atom stereocenters. The predicted molar refractivity (Wildman–Crippen MR) is 131 cm³/mol. The summed E-state index contributed by atoms with van der Waals surface area (Å²) in [7, 11) is 0. The van der Waals surface area contributed by atoms with Crippen molar-refractivity contribution < 1.29 is 0 Å². The molecule has 0 aliphatic carbocycles. The van der Waals surface area contributed by atoms with Crippen molar-refractivity contribution in [1.29, 1.82) is 0 Å². The maximum absolute atomic E-state index is 6.65. The van der Waals surface area contributed by atoms with Crippen molar-refractivity contribution in [2.75, 3.05) is 5.84 Å². The molecule has 0 radical (unpaired) electrons. The van der Waals surface area contributed by atoms with Crippen molar-refractivity contribution in [3.8, 4) is 5.69 Å². The Kier molecular flexibility index (Phi) is 3.15. The van der Waals surface area contributed by atoms with Crippen LogP contribution in [0.2, 0.25) is 0 Å². The molecule has 0 fully saturated rings. The van der Waals surface area contributed by atoms with Crippen LogP contribution in [0.3, 0.4) is 0 Å². The van der Waals surface area contributed by atoms with Gasteiger partial charge >= 0.3 is 0 Å². The number of para-hydroxylation sites is 2. The quantitative estimate of drug-likeness (QED) is 0.305. The van der Waals surface area contributed by atoms with E-state index in [2.05, 4.69) is 108 Å². The van der Waals surface area contributed by atoms with Gasteiger partial charge in [-0.05, 0) is 53.2 Å². The summed E-state index contributed by atoms with van der Waals surface area (Å²) in [5.41, 5.74) is 5.61. The van der Waals surface area contributed by atoms with Gasteiger partial charge in [-0.1, -0.05) is 60.7 Å². The van der Waals surface area contributed by atoms with Crippen molar-refractivity contribution in [1.82, 2.24) is 9.24 Å². The number of fused-ring (bicyclic) bond motifs is 7. The smallest absolute Gasteiger partial charge is 0.0724 e. The molecule has 0 spiro atoms. The summed E-state index contributed by atoms with van der Waals surface area (Å²) in [5, 5.41) is 7.30. The first-order chi connectivity index (χ1) is 15.3. The number of nitrogen functional groups attached to an aromatic ring is 1. The largest absolute Gasteiger partial charge is 0.339 e. The molecule has 5 aromatic carbocycles. The van der Waals surface area contributed by atoms with Crippen molar-refractivity contribution in [2.45, 2.75) is 0 Å². The maximum Gasteiger partial charge on any atom is 0.0724 e. The molecule has 2 N–H and O–H groups in total. The Morgan fingerprint density at radius 1 is 0.452 bits per heavy atom. The predicted octanol–water partition coefficient (Wildman–Crippen LogP) is 6.76. The van der Waals surface area contributed by atoms with Crippen LogP contribution < -0.4 is 5.84 Å². The molecule has 2 heterocycles. The molecule has 0 aliphatic rings. The van der Waals surface area contributed by atoms with Crippen LogP contribution in [0.4, 0.5) is 0 Å². The summed E-state index contributed by atoms with van der Waals surface area (Å²) in [6.07, 6.45) is 0. The highest BCUT2D eigenvalue weighted by Crippen LogP contribution is 2.38. The van der Waals surface area contributed by atoms with E-state index in [9.17, 15) is 0 Å². The van der Waals surface area contributed by atoms with Gasteiger partial charge in [0, 0.05) is 27.2 Å². The van der Waals surface area contributed by atoms with E-state index in [-0.39, 0.29) is 0 Å². The third-order valence-electron chi connectivity index (χ3n) is 6.48. The second-order valence-corrected chi connectivity index (χ2v) is 8.16. The van der Waals surface area contributed by atoms with Crippen LogP contribution in [0, 0.1) is 0 Å². The summed E-state index contributed by atoms with van der Waals surface area (Å²) in [5.74, 6) is 6.65. The topological polar surface area (TPSA) is 35.9 Å². The Bertz CT molecular complexity index is 1790. The van der Waals surface area contributed by atoms with E-state index in [1.54, 1.807) is 0 Å². The number of aromatic nitrogens is 2. The van der Waals surface area contributed by atoms with E-state index in [0.717, 1.165) is 16.7 Å². The van der Waals surface area contributed by atoms with Crippen LogP contribution in [0.1, 0.15) is 0 Å². The fourth-order valence-corrected chi connectivity index (χ4v) is 5.05. The molecule has 31 heavy (non-hydrogen) atoms. The average molecular weight is 397 g/mol. The van der Waals surface area contributed by atoms with Gasteiger partial charge in [0.15, 0.2) is 0 Å². The highest BCUT2D eigenvalue weighted by atomic mass is 15.3. The minimum Gasteiger partial charge on any atom is -0.339 e. The molecule has 3 nitrogen and oxygen atoms in total. The van der Waals surface area contributed by atoms with Gasteiger partial charge in [0.25, 0.3) is 0 Å². The van der Waals surface area contributed by atoms with E-state index in [1.807, 2.05) is 4.68 Å². The monoisotopic (exact) mass is 397 g/mol. The lowest BCUT2D eigenvalue weighted by atomic mass is 10.0. The molecule has 0 saturated carbocycles. The van der Waals surface area contributed by atoms with Crippen molar-refractivity contribution in [3.63, 3.8) is 0 Å². The Balaban J connectivity index is 1.69. The molecule has 0 bridgehead atoms. The van der Waals surface area contributed by atoms with Gasteiger partial charge in [0.05, 0.1) is 22.1 Å². The van der Waals surface area contributed by atoms with Gasteiger partial charge in [-0.15, -0.1) is 0 Å². The van der Waals surface area contributed by atoms with E-state index in [0.29, 0.717) is 0 Å². The molecule has 0 unspecified atom stereocenters. The number of benzene rings is 5. The number of nitrogens with zero attached hydrogens (tertiary/aromatic N) is 2. The SMILES string of the molecule is Nn1c2cc3ccccc3cc2c2cc3c4ccccc4n(-c4ccccc4)c3cc21. The number of hydrogen-bond donors (Lipinski definition) is 1. The summed E-state index contributed by atoms with van der Waals surface area (Å²) < 4.78 is 4.17. The Hall–Kier alpha value is -4.24. The highest BCUT2D eigenvalue weighted by Gasteiger charge is 2.17. The van der Waals surface area contributed by atoms with Crippen LogP contribution in [0.25, 0.3) is 60.1 Å². The molecular formula is C28H19N3. The molecule has 0 saturated heterocycles. The molecule has 7 rings (SSSR count). The summed E-state index contributed by atoms with van der Waals surface area (Å²) >= 11 is 0. The fourth-order valence-electron chi connectivity index (χ4n) is 5.05. The van der Waals surface area contributed by atoms with E-state index in [1.165, 1.54) is 43.4 Å². The zero-order valence-electron chi connectivity index (χ0n) is 16.8. The van der Waals surface area contributed by atoms with E-state index in [4.69, 9.17) is 5.84 Å². The number of nitrogens with two attached hydrogens (primary N) is 1. The van der Waals surface area contributed by atoms with Crippen LogP contribution in [-0.4, -0.2) is 9.24 Å². The summed E-state index contributed by atoms with van der Waals surface area (Å²) in [6, 6.07) is 36.6. The van der Waals surface area contributed by atoms with E-state index >= 15 is 0 Å². The standard InChI is InChI=1S/C28H19N3/c29-31-27-15-19-9-5-4-8-18(19)14-22(27)24-16-23-21-12-6-7-13-25(21)30(26(23)17-28(24)31)20-10-2-1-3-11-20/h1-17H,29H2. The maximum atomic E-state index is 6.65. The lowest BCUT2D eigenvalue weighted by Crippen LogP contribution is -2.06. The lowest BCUT2D eigenvalue weighted by molar-refractivity contribution is 1.12. The van der Waals surface area contributed by atoms with Gasteiger partial charge in [-0.3, -0.25) is 4.68 Å². The zero-order valence-corrected chi connectivity index (χ0v) is 16.8. The molecular weight excluding hydrogens is 378 g/mol. The van der Waals surface area contributed by atoms with E-state index < -0.39 is 0 Å².